The molecular weight excluding hydrogens is 345 g/mol. The number of aromatic nitrogens is 1. The first-order chi connectivity index (χ1) is 11.3. The predicted octanol–water partition coefficient (Wildman–Crippen LogP) is 3.82. The van der Waals surface area contributed by atoms with Crippen LogP contribution < -0.4 is 19.1 Å². The van der Waals surface area contributed by atoms with Gasteiger partial charge < -0.3 is 19.1 Å². The Balaban J connectivity index is 2.26. The molecular formula is C15H17F3N2O3S. The van der Waals surface area contributed by atoms with Crippen LogP contribution in [0.4, 0.5) is 18.9 Å². The third-order valence-electron chi connectivity index (χ3n) is 3.30. The average molecular weight is 362 g/mol. The number of anilines is 1. The van der Waals surface area contributed by atoms with Crippen LogP contribution >= 0.6 is 11.3 Å². The zero-order chi connectivity index (χ0) is 17.9. The van der Waals surface area contributed by atoms with Crippen molar-refractivity contribution in [2.45, 2.75) is 12.7 Å². The number of benzene rings is 1. The molecule has 0 N–H and O–H groups in total. The highest BCUT2D eigenvalue weighted by atomic mass is 32.1. The van der Waals surface area contributed by atoms with Crippen molar-refractivity contribution in [3.8, 4) is 17.2 Å². The standard InChI is InChI=1S/C15H17F3N2O3S/c1-20(7-13-19-12(8-24-13)15(16,17)18)9-5-10(21-2)14(23-4)11(6-9)22-3/h5-6,8H,7H2,1-4H3. The topological polar surface area (TPSA) is 43.8 Å². The highest BCUT2D eigenvalue weighted by Crippen LogP contribution is 2.41. The fraction of sp³-hybridized carbons (Fsp3) is 0.400. The van der Waals surface area contributed by atoms with Crippen molar-refractivity contribution in [3.63, 3.8) is 0 Å². The summed E-state index contributed by atoms with van der Waals surface area (Å²) in [6.45, 7) is 0.222. The smallest absolute Gasteiger partial charge is 0.434 e. The van der Waals surface area contributed by atoms with Crippen molar-refractivity contribution >= 4 is 17.0 Å². The summed E-state index contributed by atoms with van der Waals surface area (Å²) >= 11 is 0.967. The molecule has 24 heavy (non-hydrogen) atoms. The summed E-state index contributed by atoms with van der Waals surface area (Å²) in [6.07, 6.45) is -4.43. The number of nitrogens with zero attached hydrogens (tertiary/aromatic N) is 2. The van der Waals surface area contributed by atoms with Crippen molar-refractivity contribution in [3.05, 3.63) is 28.2 Å². The minimum Gasteiger partial charge on any atom is -0.493 e. The minimum atomic E-state index is -4.43. The molecule has 0 atom stereocenters. The molecule has 1 aromatic carbocycles. The molecule has 9 heteroatoms. The van der Waals surface area contributed by atoms with Crippen LogP contribution in [0, 0.1) is 0 Å². The molecule has 2 rings (SSSR count). The van der Waals surface area contributed by atoms with Gasteiger partial charge in [0, 0.05) is 30.2 Å². The van der Waals surface area contributed by atoms with Gasteiger partial charge in [-0.2, -0.15) is 13.2 Å². The Labute approximate surface area is 141 Å². The van der Waals surface area contributed by atoms with Crippen molar-refractivity contribution < 1.29 is 27.4 Å². The number of hydrogen-bond acceptors (Lipinski definition) is 6. The molecule has 0 aliphatic rings. The zero-order valence-corrected chi connectivity index (χ0v) is 14.4. The molecule has 0 radical (unpaired) electrons. The van der Waals surface area contributed by atoms with E-state index in [1.807, 2.05) is 0 Å². The summed E-state index contributed by atoms with van der Waals surface area (Å²) in [6, 6.07) is 3.44. The lowest BCUT2D eigenvalue weighted by Gasteiger charge is -2.21. The summed E-state index contributed by atoms with van der Waals surface area (Å²) in [5.41, 5.74) is -0.172. The predicted molar refractivity (Wildman–Crippen MR) is 85.3 cm³/mol. The number of thiazole rings is 1. The maximum Gasteiger partial charge on any atom is 0.434 e. The number of ether oxygens (including phenoxy) is 3. The van der Waals surface area contributed by atoms with Crippen molar-refractivity contribution in [1.29, 1.82) is 0 Å². The molecule has 1 aromatic heterocycles. The van der Waals surface area contributed by atoms with E-state index in [0.717, 1.165) is 16.7 Å². The molecule has 0 spiro atoms. The summed E-state index contributed by atoms with van der Waals surface area (Å²) in [4.78, 5) is 5.38. The Kier molecular flexibility index (Phi) is 5.43. The molecule has 5 nitrogen and oxygen atoms in total. The van der Waals surface area contributed by atoms with E-state index in [1.165, 1.54) is 21.3 Å². The van der Waals surface area contributed by atoms with Gasteiger partial charge >= 0.3 is 6.18 Å². The second-order valence-corrected chi connectivity index (χ2v) is 5.81. The zero-order valence-electron chi connectivity index (χ0n) is 13.6. The third-order valence-corrected chi connectivity index (χ3v) is 4.14. The summed E-state index contributed by atoms with van der Waals surface area (Å²) in [5.74, 6) is 1.38. The van der Waals surface area contributed by atoms with Gasteiger partial charge in [-0.25, -0.2) is 4.98 Å². The van der Waals surface area contributed by atoms with Crippen LogP contribution in [-0.2, 0) is 12.7 Å². The number of methoxy groups -OCH3 is 3. The van der Waals surface area contributed by atoms with Gasteiger partial charge in [-0.15, -0.1) is 11.3 Å². The molecule has 2 aromatic rings. The Morgan fingerprint density at radius 3 is 2.08 bits per heavy atom. The summed E-state index contributed by atoms with van der Waals surface area (Å²) in [5, 5.41) is 1.37. The largest absolute Gasteiger partial charge is 0.493 e. The van der Waals surface area contributed by atoms with Crippen LogP contribution in [0.3, 0.4) is 0 Å². The Morgan fingerprint density at radius 1 is 1.08 bits per heavy atom. The Morgan fingerprint density at radius 2 is 1.67 bits per heavy atom. The number of rotatable bonds is 6. The van der Waals surface area contributed by atoms with Crippen LogP contribution in [0.25, 0.3) is 0 Å². The third kappa shape index (κ3) is 3.84. The van der Waals surface area contributed by atoms with Gasteiger partial charge in [0.2, 0.25) is 5.75 Å². The lowest BCUT2D eigenvalue weighted by Crippen LogP contribution is -2.17. The van der Waals surface area contributed by atoms with Gasteiger partial charge in [0.1, 0.15) is 5.01 Å². The molecule has 0 bridgehead atoms. The molecule has 0 aliphatic heterocycles. The maximum absolute atomic E-state index is 12.6. The molecule has 0 saturated heterocycles. The number of hydrogen-bond donors (Lipinski definition) is 0. The molecule has 0 amide bonds. The van der Waals surface area contributed by atoms with Crippen LogP contribution in [0.15, 0.2) is 17.5 Å². The Bertz CT molecular complexity index is 679. The first kappa shape index (κ1) is 18.2. The van der Waals surface area contributed by atoms with E-state index in [-0.39, 0.29) is 6.54 Å². The lowest BCUT2D eigenvalue weighted by atomic mass is 10.2. The van der Waals surface area contributed by atoms with E-state index in [1.54, 1.807) is 24.1 Å². The minimum absolute atomic E-state index is 0.222. The van der Waals surface area contributed by atoms with Crippen LogP contribution in [-0.4, -0.2) is 33.4 Å². The lowest BCUT2D eigenvalue weighted by molar-refractivity contribution is -0.140. The SMILES string of the molecule is COc1cc(N(C)Cc2nc(C(F)(F)F)cs2)cc(OC)c1OC. The van der Waals surface area contributed by atoms with E-state index >= 15 is 0 Å². The fourth-order valence-corrected chi connectivity index (χ4v) is 2.95. The van der Waals surface area contributed by atoms with E-state index < -0.39 is 11.9 Å². The van der Waals surface area contributed by atoms with Crippen LogP contribution in [0.2, 0.25) is 0 Å². The molecule has 132 valence electrons. The average Bonchev–Trinajstić information content (AvgIpc) is 3.01. The van der Waals surface area contributed by atoms with E-state index in [4.69, 9.17) is 14.2 Å². The maximum atomic E-state index is 12.6. The van der Waals surface area contributed by atoms with Gasteiger partial charge in [-0.05, 0) is 0 Å². The first-order valence-electron chi connectivity index (χ1n) is 6.83. The molecule has 0 unspecified atom stereocenters. The van der Waals surface area contributed by atoms with Gasteiger partial charge in [-0.3, -0.25) is 0 Å². The van der Waals surface area contributed by atoms with Gasteiger partial charge in [-0.1, -0.05) is 0 Å². The molecule has 1 heterocycles. The second-order valence-electron chi connectivity index (χ2n) is 4.86. The van der Waals surface area contributed by atoms with Gasteiger partial charge in [0.15, 0.2) is 17.2 Å². The molecule has 0 aliphatic carbocycles. The quantitative estimate of drug-likeness (QED) is 0.782. The van der Waals surface area contributed by atoms with Gasteiger partial charge in [0.25, 0.3) is 0 Å². The summed E-state index contributed by atoms with van der Waals surface area (Å²) in [7, 11) is 6.24. The highest BCUT2D eigenvalue weighted by molar-refractivity contribution is 7.09. The van der Waals surface area contributed by atoms with E-state index in [9.17, 15) is 13.2 Å². The van der Waals surface area contributed by atoms with Crippen molar-refractivity contribution in [2.75, 3.05) is 33.3 Å². The molecule has 0 saturated carbocycles. The number of halogens is 3. The second kappa shape index (κ2) is 7.16. The normalized spacial score (nSPS) is 11.3. The van der Waals surface area contributed by atoms with E-state index in [2.05, 4.69) is 4.98 Å². The van der Waals surface area contributed by atoms with Crippen molar-refractivity contribution in [2.24, 2.45) is 0 Å². The summed E-state index contributed by atoms with van der Waals surface area (Å²) < 4.78 is 53.7. The van der Waals surface area contributed by atoms with Crippen molar-refractivity contribution in [1.82, 2.24) is 4.98 Å². The first-order valence-corrected chi connectivity index (χ1v) is 7.70. The van der Waals surface area contributed by atoms with Crippen LogP contribution in [0.1, 0.15) is 10.7 Å². The monoisotopic (exact) mass is 362 g/mol. The van der Waals surface area contributed by atoms with Crippen LogP contribution in [0.5, 0.6) is 17.2 Å². The highest BCUT2D eigenvalue weighted by Gasteiger charge is 2.33. The molecule has 0 fully saturated rings. The Hall–Kier alpha value is -2.16. The van der Waals surface area contributed by atoms with Gasteiger partial charge in [0.05, 0.1) is 27.9 Å². The van der Waals surface area contributed by atoms with E-state index in [0.29, 0.717) is 27.9 Å². The number of alkyl halides is 3. The fourth-order valence-electron chi connectivity index (χ4n) is 2.10.